The number of nitrogens with zero attached hydrogens (tertiary/aromatic N) is 2. The molecule has 2 aromatic carbocycles. The number of fused-ring (bicyclic) bond motifs is 1. The Balaban J connectivity index is 1.42. The predicted molar refractivity (Wildman–Crippen MR) is 156 cm³/mol. The summed E-state index contributed by atoms with van der Waals surface area (Å²) in [6, 6.07) is 14.9. The number of carbonyl (C=O) groups is 3. The zero-order chi connectivity index (χ0) is 29.3. The lowest BCUT2D eigenvalue weighted by atomic mass is 9.94. The van der Waals surface area contributed by atoms with E-state index in [-0.39, 0.29) is 43.0 Å². The Hall–Kier alpha value is -4.47. The lowest BCUT2D eigenvalue weighted by Crippen LogP contribution is -2.47. The van der Waals surface area contributed by atoms with Crippen molar-refractivity contribution in [2.24, 2.45) is 0 Å². The van der Waals surface area contributed by atoms with E-state index in [1.165, 1.54) is 29.2 Å². The highest BCUT2D eigenvalue weighted by Gasteiger charge is 2.34. The summed E-state index contributed by atoms with van der Waals surface area (Å²) >= 11 is 0. The second kappa shape index (κ2) is 13.9. The molecule has 0 saturated heterocycles. The van der Waals surface area contributed by atoms with Crippen LogP contribution < -0.4 is 25.0 Å². The number of hydrogen-bond acceptors (Lipinski definition) is 6. The van der Waals surface area contributed by atoms with Crippen molar-refractivity contribution in [1.82, 2.24) is 10.3 Å². The van der Waals surface area contributed by atoms with Crippen LogP contribution in [0.4, 0.5) is 15.9 Å². The third kappa shape index (κ3) is 7.43. The van der Waals surface area contributed by atoms with Crippen molar-refractivity contribution in [3.05, 3.63) is 78.2 Å². The summed E-state index contributed by atoms with van der Waals surface area (Å²) in [6.45, 7) is 0.775. The first-order valence-electron chi connectivity index (χ1n) is 14.5. The maximum absolute atomic E-state index is 14.0. The van der Waals surface area contributed by atoms with Gasteiger partial charge in [0.1, 0.15) is 30.9 Å². The van der Waals surface area contributed by atoms with Gasteiger partial charge in [-0.05, 0) is 61.2 Å². The summed E-state index contributed by atoms with van der Waals surface area (Å²) in [7, 11) is 0. The highest BCUT2D eigenvalue weighted by Crippen LogP contribution is 2.37. The van der Waals surface area contributed by atoms with Crippen LogP contribution in [-0.2, 0) is 14.4 Å². The van der Waals surface area contributed by atoms with Gasteiger partial charge in [0, 0.05) is 36.8 Å². The van der Waals surface area contributed by atoms with Gasteiger partial charge in [0.25, 0.3) is 0 Å². The van der Waals surface area contributed by atoms with E-state index < -0.39 is 11.9 Å². The fraction of sp³-hybridized carbons (Fsp3) is 0.375. The molecule has 42 heavy (non-hydrogen) atoms. The maximum atomic E-state index is 14.0. The molecular formula is C32H35FN4O5. The predicted octanol–water partition coefficient (Wildman–Crippen LogP) is 5.32. The minimum absolute atomic E-state index is 0.00150. The molecule has 3 aromatic rings. The molecule has 1 fully saturated rings. The van der Waals surface area contributed by atoms with Crippen molar-refractivity contribution < 1.29 is 28.2 Å². The zero-order valence-electron chi connectivity index (χ0n) is 23.4. The molecule has 2 heterocycles. The number of aromatic nitrogens is 1. The molecule has 1 aliphatic heterocycles. The highest BCUT2D eigenvalue weighted by atomic mass is 19.1. The molecule has 220 valence electrons. The summed E-state index contributed by atoms with van der Waals surface area (Å²) in [5.41, 5.74) is 0.913. The number of anilines is 2. The second-order valence-electron chi connectivity index (χ2n) is 10.5. The number of nitrogens with one attached hydrogen (secondary N) is 2. The van der Waals surface area contributed by atoms with Crippen molar-refractivity contribution in [2.75, 3.05) is 23.4 Å². The standard InChI is InChI=1S/C32H35FN4O5/c33-23-14-12-22(13-15-23)31(32(40)35-24-7-2-1-3-8-24)37(25-16-17-26-27(21-25)42-20-19-41-26)30(39)11-6-10-29(38)36-28-9-4-5-18-34-28/h4-5,9,12-18,21,24,31H,1-3,6-8,10-11,19-20H2,(H,35,40)(H,34,36,38)/t31-/m0/s1. The number of amides is 3. The van der Waals surface area contributed by atoms with Crippen LogP contribution in [0.3, 0.4) is 0 Å². The van der Waals surface area contributed by atoms with Gasteiger partial charge in [-0.15, -0.1) is 0 Å². The molecule has 10 heteroatoms. The van der Waals surface area contributed by atoms with Crippen LogP contribution in [0.15, 0.2) is 66.9 Å². The molecule has 1 aliphatic carbocycles. The van der Waals surface area contributed by atoms with E-state index in [0.29, 0.717) is 41.8 Å². The lowest BCUT2D eigenvalue weighted by Gasteiger charge is -2.34. The topological polar surface area (TPSA) is 110 Å². The third-order valence-corrected chi connectivity index (χ3v) is 7.44. The average molecular weight is 575 g/mol. The number of pyridine rings is 1. The number of hydrogen-bond donors (Lipinski definition) is 2. The van der Waals surface area contributed by atoms with Crippen LogP contribution in [-0.4, -0.2) is 42.0 Å². The highest BCUT2D eigenvalue weighted by molar-refractivity contribution is 6.02. The Kier molecular flexibility index (Phi) is 9.63. The van der Waals surface area contributed by atoms with Crippen LogP contribution in [0.25, 0.3) is 0 Å². The van der Waals surface area contributed by atoms with Gasteiger partial charge in [-0.2, -0.15) is 0 Å². The molecule has 3 amide bonds. The maximum Gasteiger partial charge on any atom is 0.248 e. The zero-order valence-corrected chi connectivity index (χ0v) is 23.4. The smallest absolute Gasteiger partial charge is 0.248 e. The lowest BCUT2D eigenvalue weighted by molar-refractivity contribution is -0.127. The Labute approximate surface area is 244 Å². The fourth-order valence-electron chi connectivity index (χ4n) is 5.37. The van der Waals surface area contributed by atoms with Gasteiger partial charge in [-0.3, -0.25) is 19.3 Å². The summed E-state index contributed by atoms with van der Waals surface area (Å²) in [5, 5.41) is 5.87. The van der Waals surface area contributed by atoms with Gasteiger partial charge in [-0.25, -0.2) is 9.37 Å². The number of carbonyl (C=O) groups excluding carboxylic acids is 3. The molecule has 1 atom stereocenters. The Bertz CT molecular complexity index is 1380. The van der Waals surface area contributed by atoms with E-state index >= 15 is 0 Å². The van der Waals surface area contributed by atoms with Crippen molar-refractivity contribution in [3.8, 4) is 11.5 Å². The summed E-state index contributed by atoms with van der Waals surface area (Å²) in [6.07, 6.45) is 6.83. The molecule has 1 aromatic heterocycles. The quantitative estimate of drug-likeness (QED) is 0.339. The summed E-state index contributed by atoms with van der Waals surface area (Å²) < 4.78 is 25.4. The molecule has 9 nitrogen and oxygen atoms in total. The van der Waals surface area contributed by atoms with E-state index in [0.717, 1.165) is 32.1 Å². The molecule has 0 spiro atoms. The first kappa shape index (κ1) is 29.0. The van der Waals surface area contributed by atoms with E-state index in [9.17, 15) is 18.8 Å². The number of rotatable bonds is 10. The van der Waals surface area contributed by atoms with Gasteiger partial charge >= 0.3 is 0 Å². The number of ether oxygens (including phenoxy) is 2. The molecule has 5 rings (SSSR count). The number of halogens is 1. The third-order valence-electron chi connectivity index (χ3n) is 7.44. The number of benzene rings is 2. The molecule has 0 bridgehead atoms. The normalized spacial score (nSPS) is 15.4. The fourth-order valence-corrected chi connectivity index (χ4v) is 5.37. The van der Waals surface area contributed by atoms with Gasteiger partial charge in [0.05, 0.1) is 0 Å². The minimum Gasteiger partial charge on any atom is -0.486 e. The molecule has 0 unspecified atom stereocenters. The van der Waals surface area contributed by atoms with Crippen LogP contribution in [0.2, 0.25) is 0 Å². The summed E-state index contributed by atoms with van der Waals surface area (Å²) in [5.74, 6) is 0.0433. The first-order valence-corrected chi connectivity index (χ1v) is 14.5. The van der Waals surface area contributed by atoms with Gasteiger partial charge in [-0.1, -0.05) is 37.5 Å². The van der Waals surface area contributed by atoms with Crippen LogP contribution in [0.5, 0.6) is 11.5 Å². The SMILES string of the molecule is O=C(CCCC(=O)N(c1ccc2c(c1)OCCO2)[C@H](C(=O)NC1CCCCC1)c1ccc(F)cc1)Nc1ccccn1. The average Bonchev–Trinajstić information content (AvgIpc) is 3.01. The van der Waals surface area contributed by atoms with Crippen LogP contribution in [0.1, 0.15) is 63.0 Å². The Morgan fingerprint density at radius 2 is 1.69 bits per heavy atom. The van der Waals surface area contributed by atoms with Crippen molar-refractivity contribution in [1.29, 1.82) is 0 Å². The molecule has 2 aliphatic rings. The Morgan fingerprint density at radius 1 is 0.929 bits per heavy atom. The van der Waals surface area contributed by atoms with Crippen molar-refractivity contribution in [2.45, 2.75) is 63.5 Å². The molecule has 0 radical (unpaired) electrons. The van der Waals surface area contributed by atoms with Crippen LogP contribution >= 0.6 is 0 Å². The van der Waals surface area contributed by atoms with E-state index in [4.69, 9.17) is 9.47 Å². The van der Waals surface area contributed by atoms with E-state index in [1.54, 1.807) is 42.6 Å². The van der Waals surface area contributed by atoms with Gasteiger partial charge in [0.2, 0.25) is 17.7 Å². The minimum atomic E-state index is -1.06. The van der Waals surface area contributed by atoms with Gasteiger partial charge < -0.3 is 20.1 Å². The largest absolute Gasteiger partial charge is 0.486 e. The van der Waals surface area contributed by atoms with Crippen molar-refractivity contribution >= 4 is 29.2 Å². The molecule has 2 N–H and O–H groups in total. The van der Waals surface area contributed by atoms with Gasteiger partial charge in [0.15, 0.2) is 11.5 Å². The molecular weight excluding hydrogens is 539 g/mol. The van der Waals surface area contributed by atoms with E-state index in [1.807, 2.05) is 0 Å². The monoisotopic (exact) mass is 574 g/mol. The van der Waals surface area contributed by atoms with Crippen LogP contribution in [0, 0.1) is 5.82 Å². The second-order valence-corrected chi connectivity index (χ2v) is 10.5. The van der Waals surface area contributed by atoms with Crippen molar-refractivity contribution in [3.63, 3.8) is 0 Å². The van der Waals surface area contributed by atoms with E-state index in [2.05, 4.69) is 15.6 Å². The molecule has 1 saturated carbocycles. The summed E-state index contributed by atoms with van der Waals surface area (Å²) in [4.78, 5) is 46.0. The first-order chi connectivity index (χ1) is 20.5. The Morgan fingerprint density at radius 3 is 2.43 bits per heavy atom.